The van der Waals surface area contributed by atoms with E-state index in [0.29, 0.717) is 0 Å². The predicted molar refractivity (Wildman–Crippen MR) is 104 cm³/mol. The molecular formula is C18H29NO4P2. The van der Waals surface area contributed by atoms with Crippen LogP contribution >= 0.6 is 16.8 Å². The number of para-hydroxylation sites is 1. The number of hydrogen-bond donors (Lipinski definition) is 0. The van der Waals surface area contributed by atoms with E-state index in [9.17, 15) is 0 Å². The Morgan fingerprint density at radius 3 is 1.56 bits per heavy atom. The van der Waals surface area contributed by atoms with Crippen LogP contribution in [0.1, 0.15) is 27.7 Å². The van der Waals surface area contributed by atoms with Crippen LogP contribution in [-0.2, 0) is 18.1 Å². The molecule has 2 saturated heterocycles. The second kappa shape index (κ2) is 8.17. The molecule has 1 aromatic rings. The molecule has 0 N–H and O–H groups in total. The van der Waals surface area contributed by atoms with Gasteiger partial charge in [-0.25, -0.2) is 0 Å². The molecule has 0 radical (unpaired) electrons. The van der Waals surface area contributed by atoms with E-state index < -0.39 is 16.8 Å². The summed E-state index contributed by atoms with van der Waals surface area (Å²) in [5, 5.41) is 0. The van der Waals surface area contributed by atoms with Crippen molar-refractivity contribution in [3.8, 4) is 0 Å². The first-order valence-electron chi connectivity index (χ1n) is 8.70. The maximum Gasteiger partial charge on any atom is 0.191 e. The minimum absolute atomic E-state index is 0.0989. The van der Waals surface area contributed by atoms with Crippen molar-refractivity contribution in [1.82, 2.24) is 0 Å². The molecular weight excluding hydrogens is 356 g/mol. The number of anilines is 1. The molecule has 1 aromatic carbocycles. The third-order valence-electron chi connectivity index (χ3n) is 4.09. The van der Waals surface area contributed by atoms with Gasteiger partial charge in [0.15, 0.2) is 16.8 Å². The van der Waals surface area contributed by atoms with E-state index in [0.717, 1.165) is 44.7 Å². The Labute approximate surface area is 153 Å². The van der Waals surface area contributed by atoms with Crippen molar-refractivity contribution in [2.24, 2.45) is 10.8 Å². The maximum absolute atomic E-state index is 5.99. The molecule has 2 aliphatic rings. The Balaban J connectivity index is 1.62. The lowest BCUT2D eigenvalue weighted by Crippen LogP contribution is -2.34. The minimum atomic E-state index is -0.914. The quantitative estimate of drug-likeness (QED) is 0.654. The molecule has 2 fully saturated rings. The third kappa shape index (κ3) is 5.85. The van der Waals surface area contributed by atoms with Gasteiger partial charge in [-0.15, -0.1) is 0 Å². The lowest BCUT2D eigenvalue weighted by atomic mass is 9.97. The fourth-order valence-corrected chi connectivity index (χ4v) is 6.13. The summed E-state index contributed by atoms with van der Waals surface area (Å²) in [4.78, 5) is 2.29. The molecule has 0 aromatic heterocycles. The van der Waals surface area contributed by atoms with Gasteiger partial charge in [-0.3, -0.25) is 0 Å². The second-order valence-electron chi connectivity index (χ2n) is 8.25. The zero-order chi connectivity index (χ0) is 17.9. The summed E-state index contributed by atoms with van der Waals surface area (Å²) in [7, 11) is -1.83. The van der Waals surface area contributed by atoms with Crippen LogP contribution in [0.15, 0.2) is 30.3 Å². The smallest absolute Gasteiger partial charge is 0.191 e. The summed E-state index contributed by atoms with van der Waals surface area (Å²) in [5.74, 6) is 0. The van der Waals surface area contributed by atoms with Gasteiger partial charge in [0, 0.05) is 16.5 Å². The SMILES string of the molecule is CC1(C)COP(CN(CP2OCC(C)(C)CO2)c2ccccc2)OC1. The Hall–Kier alpha value is -0.280. The van der Waals surface area contributed by atoms with Crippen molar-refractivity contribution in [2.45, 2.75) is 27.7 Å². The summed E-state index contributed by atoms with van der Waals surface area (Å²) >= 11 is 0. The molecule has 3 rings (SSSR count). The standard InChI is InChI=1S/C18H29NO4P2/c1-17(2)10-20-24(21-11-17)14-19(16-8-6-5-7-9-16)15-25-22-12-18(3,4)13-23-25/h5-9H,10-15H2,1-4H3. The van der Waals surface area contributed by atoms with E-state index in [-0.39, 0.29) is 10.8 Å². The highest BCUT2D eigenvalue weighted by Gasteiger charge is 2.33. The number of benzene rings is 1. The van der Waals surface area contributed by atoms with Gasteiger partial charge >= 0.3 is 0 Å². The van der Waals surface area contributed by atoms with E-state index in [4.69, 9.17) is 18.1 Å². The maximum atomic E-state index is 5.99. The topological polar surface area (TPSA) is 40.2 Å². The Morgan fingerprint density at radius 1 is 0.760 bits per heavy atom. The summed E-state index contributed by atoms with van der Waals surface area (Å²) in [6.07, 6.45) is 1.48. The summed E-state index contributed by atoms with van der Waals surface area (Å²) < 4.78 is 24.0. The monoisotopic (exact) mass is 385 g/mol. The van der Waals surface area contributed by atoms with Crippen LogP contribution in [-0.4, -0.2) is 39.0 Å². The highest BCUT2D eigenvalue weighted by atomic mass is 31.2. The average molecular weight is 385 g/mol. The fourth-order valence-electron chi connectivity index (χ4n) is 2.43. The lowest BCUT2D eigenvalue weighted by molar-refractivity contribution is 0.0601. The molecule has 0 saturated carbocycles. The largest absolute Gasteiger partial charge is 0.354 e. The van der Waals surface area contributed by atoms with Crippen LogP contribution in [0, 0.1) is 10.8 Å². The van der Waals surface area contributed by atoms with E-state index >= 15 is 0 Å². The molecule has 0 amide bonds. The van der Waals surface area contributed by atoms with Crippen LogP contribution in [0.3, 0.4) is 0 Å². The summed E-state index contributed by atoms with van der Waals surface area (Å²) in [6, 6.07) is 10.4. The van der Waals surface area contributed by atoms with E-state index in [1.54, 1.807) is 0 Å². The molecule has 5 nitrogen and oxygen atoms in total. The highest BCUT2D eigenvalue weighted by Crippen LogP contribution is 2.50. The zero-order valence-electron chi connectivity index (χ0n) is 15.6. The van der Waals surface area contributed by atoms with Crippen molar-refractivity contribution in [1.29, 1.82) is 0 Å². The van der Waals surface area contributed by atoms with Crippen molar-refractivity contribution in [3.63, 3.8) is 0 Å². The van der Waals surface area contributed by atoms with Crippen molar-refractivity contribution in [3.05, 3.63) is 30.3 Å². The Kier molecular flexibility index (Phi) is 6.36. The van der Waals surface area contributed by atoms with E-state index in [1.165, 1.54) is 0 Å². The van der Waals surface area contributed by atoms with Crippen molar-refractivity contribution >= 4 is 22.4 Å². The zero-order valence-corrected chi connectivity index (χ0v) is 17.4. The molecule has 0 unspecified atom stereocenters. The number of nitrogens with zero attached hydrogens (tertiary/aromatic N) is 1. The molecule has 25 heavy (non-hydrogen) atoms. The first-order chi connectivity index (χ1) is 11.8. The van der Waals surface area contributed by atoms with Crippen molar-refractivity contribution in [2.75, 3.05) is 43.9 Å². The second-order valence-corrected chi connectivity index (χ2v) is 11.2. The highest BCUT2D eigenvalue weighted by molar-refractivity contribution is 7.48. The first-order valence-corrected chi connectivity index (χ1v) is 11.4. The Morgan fingerprint density at radius 2 is 1.16 bits per heavy atom. The molecule has 2 aliphatic heterocycles. The third-order valence-corrected chi connectivity index (χ3v) is 6.90. The van der Waals surface area contributed by atoms with E-state index in [2.05, 4.69) is 56.9 Å². The molecule has 0 spiro atoms. The van der Waals surface area contributed by atoms with Crippen LogP contribution in [0.5, 0.6) is 0 Å². The summed E-state index contributed by atoms with van der Waals surface area (Å²) in [6.45, 7) is 11.7. The molecule has 0 atom stereocenters. The van der Waals surface area contributed by atoms with Crippen LogP contribution in [0.2, 0.25) is 0 Å². The first kappa shape index (κ1) is 19.5. The number of hydrogen-bond acceptors (Lipinski definition) is 5. The minimum Gasteiger partial charge on any atom is -0.354 e. The van der Waals surface area contributed by atoms with Crippen molar-refractivity contribution < 1.29 is 18.1 Å². The van der Waals surface area contributed by atoms with Gasteiger partial charge in [0.05, 0.1) is 39.0 Å². The molecule has 2 heterocycles. The van der Waals surface area contributed by atoms with Gasteiger partial charge in [0.25, 0.3) is 0 Å². The van der Waals surface area contributed by atoms with Gasteiger partial charge in [0.2, 0.25) is 0 Å². The van der Waals surface area contributed by atoms with Crippen LogP contribution in [0.25, 0.3) is 0 Å². The van der Waals surface area contributed by atoms with Gasteiger partial charge < -0.3 is 23.0 Å². The molecule has 7 heteroatoms. The van der Waals surface area contributed by atoms with Gasteiger partial charge in [-0.05, 0) is 12.1 Å². The molecule has 140 valence electrons. The van der Waals surface area contributed by atoms with Crippen LogP contribution < -0.4 is 4.90 Å². The molecule has 0 bridgehead atoms. The fraction of sp³-hybridized carbons (Fsp3) is 0.667. The average Bonchev–Trinajstić information content (AvgIpc) is 2.58. The molecule has 0 aliphatic carbocycles. The van der Waals surface area contributed by atoms with Gasteiger partial charge in [-0.2, -0.15) is 0 Å². The normalized spacial score (nSPS) is 24.2. The van der Waals surface area contributed by atoms with Crippen LogP contribution in [0.4, 0.5) is 5.69 Å². The van der Waals surface area contributed by atoms with Gasteiger partial charge in [0.1, 0.15) is 0 Å². The Bertz CT molecular complexity index is 505. The van der Waals surface area contributed by atoms with Gasteiger partial charge in [-0.1, -0.05) is 45.9 Å². The predicted octanol–water partition coefficient (Wildman–Crippen LogP) is 5.18. The summed E-state index contributed by atoms with van der Waals surface area (Å²) in [5.41, 5.74) is 1.35. The lowest BCUT2D eigenvalue weighted by Gasteiger charge is -2.39. The van der Waals surface area contributed by atoms with E-state index in [1.807, 2.05) is 6.07 Å². The number of rotatable bonds is 5.